The number of pyridine rings is 1. The molecule has 2 atom stereocenters. The Morgan fingerprint density at radius 2 is 1.85 bits per heavy atom. The quantitative estimate of drug-likeness (QED) is 0.425. The number of nitrogens with zero attached hydrogens (tertiary/aromatic N) is 1. The van der Waals surface area contributed by atoms with E-state index >= 15 is 0 Å². The van der Waals surface area contributed by atoms with Crippen molar-refractivity contribution < 1.29 is 23.0 Å². The molecule has 3 rings (SSSR count). The number of benzene rings is 2. The lowest BCUT2D eigenvalue weighted by molar-refractivity contribution is -0.232. The molecule has 0 radical (unpaired) electrons. The van der Waals surface area contributed by atoms with Gasteiger partial charge in [-0.2, -0.15) is 13.2 Å². The number of aryl methyl sites for hydroxylation is 1. The maximum Gasteiger partial charge on any atom is 0.422 e. The minimum Gasteiger partial charge on any atom is -0.496 e. The van der Waals surface area contributed by atoms with Gasteiger partial charge in [0.15, 0.2) is 5.60 Å². The van der Waals surface area contributed by atoms with Gasteiger partial charge in [0.1, 0.15) is 5.75 Å². The van der Waals surface area contributed by atoms with Crippen LogP contribution in [0.4, 0.5) is 18.9 Å². The number of fused-ring (bicyclic) bond motifs is 1. The fraction of sp³-hybridized carbons (Fsp3) is 0.360. The molecule has 0 aliphatic carbocycles. The van der Waals surface area contributed by atoms with Crippen molar-refractivity contribution in [2.24, 2.45) is 4.99 Å². The van der Waals surface area contributed by atoms with E-state index in [-0.39, 0.29) is 11.2 Å². The molecule has 0 aliphatic rings. The zero-order chi connectivity index (χ0) is 24.2. The fourth-order valence-corrected chi connectivity index (χ4v) is 4.00. The van der Waals surface area contributed by atoms with Crippen LogP contribution >= 0.6 is 0 Å². The molecular formula is C25H27F3N2O3. The number of hydrogen-bond donors (Lipinski definition) is 2. The van der Waals surface area contributed by atoms with Gasteiger partial charge in [-0.15, -0.1) is 0 Å². The largest absolute Gasteiger partial charge is 0.496 e. The van der Waals surface area contributed by atoms with Crippen LogP contribution in [0.3, 0.4) is 0 Å². The molecule has 0 bridgehead atoms. The second-order valence-corrected chi connectivity index (χ2v) is 7.94. The van der Waals surface area contributed by atoms with Crippen molar-refractivity contribution in [3.8, 4) is 5.75 Å². The van der Waals surface area contributed by atoms with E-state index in [1.165, 1.54) is 25.3 Å². The summed E-state index contributed by atoms with van der Waals surface area (Å²) in [7, 11) is 1.49. The van der Waals surface area contributed by atoms with Gasteiger partial charge in [-0.25, -0.2) is 0 Å². The monoisotopic (exact) mass is 460 g/mol. The van der Waals surface area contributed by atoms with E-state index < -0.39 is 24.1 Å². The third-order valence-corrected chi connectivity index (χ3v) is 5.85. The van der Waals surface area contributed by atoms with Crippen molar-refractivity contribution in [3.63, 3.8) is 0 Å². The van der Waals surface area contributed by atoms with Gasteiger partial charge in [0.05, 0.1) is 18.3 Å². The van der Waals surface area contributed by atoms with Gasteiger partial charge < -0.3 is 14.8 Å². The third kappa shape index (κ3) is 5.11. The van der Waals surface area contributed by atoms with Crippen LogP contribution in [0.5, 0.6) is 5.75 Å². The molecule has 0 amide bonds. The first-order valence-electron chi connectivity index (χ1n) is 10.8. The first-order valence-corrected chi connectivity index (χ1v) is 10.8. The van der Waals surface area contributed by atoms with Gasteiger partial charge in [-0.05, 0) is 54.5 Å². The number of halogens is 3. The normalized spacial score (nSPS) is 15.0. The maximum atomic E-state index is 14.1. The fourth-order valence-electron chi connectivity index (χ4n) is 4.00. The Labute approximate surface area is 190 Å². The summed E-state index contributed by atoms with van der Waals surface area (Å²) in [6, 6.07) is 12.9. The second kappa shape index (κ2) is 9.79. The Balaban J connectivity index is 2.03. The first kappa shape index (κ1) is 24.5. The molecule has 2 aromatic carbocycles. The van der Waals surface area contributed by atoms with Crippen LogP contribution in [-0.2, 0) is 6.42 Å². The van der Waals surface area contributed by atoms with E-state index in [4.69, 9.17) is 4.74 Å². The van der Waals surface area contributed by atoms with Gasteiger partial charge in [-0.3, -0.25) is 9.79 Å². The number of hydrogen-bond acceptors (Lipinski definition) is 4. The number of para-hydroxylation sites is 1. The lowest BCUT2D eigenvalue weighted by atomic mass is 9.83. The van der Waals surface area contributed by atoms with Crippen molar-refractivity contribution in [2.75, 3.05) is 7.11 Å². The number of aliphatic imine (C=N–C) groups is 1. The molecule has 5 nitrogen and oxygen atoms in total. The Morgan fingerprint density at radius 3 is 2.48 bits per heavy atom. The predicted molar refractivity (Wildman–Crippen MR) is 124 cm³/mol. The highest BCUT2D eigenvalue weighted by Crippen LogP contribution is 2.42. The minimum atomic E-state index is -4.95. The van der Waals surface area contributed by atoms with Crippen LogP contribution in [-0.4, -0.2) is 35.2 Å². The number of methoxy groups -OCH3 is 1. The van der Waals surface area contributed by atoms with Crippen LogP contribution in [0.25, 0.3) is 10.9 Å². The molecule has 1 aromatic heterocycles. The standard InChI is InChI=1S/C25H27F3N2O3/c1-4-16-8-6-9-18(23(16)33-3)17(5-2)14-24(32,25(26,27)28)15-29-20-10-7-11-21-19(20)12-13-22(31)30-21/h6-13,15,17,32H,4-5,14H2,1-3H3,(H,30,31). The van der Waals surface area contributed by atoms with Crippen LogP contribution in [0, 0.1) is 0 Å². The Bertz CT molecular complexity index is 1200. The van der Waals surface area contributed by atoms with E-state index in [1.54, 1.807) is 31.2 Å². The number of nitrogens with one attached hydrogen (secondary N) is 1. The van der Waals surface area contributed by atoms with Gasteiger partial charge in [0.2, 0.25) is 5.56 Å². The molecule has 33 heavy (non-hydrogen) atoms. The SMILES string of the molecule is CCc1cccc(C(CC)CC(O)(C=Nc2cccc3[nH]c(=O)ccc23)C(F)(F)F)c1OC. The summed E-state index contributed by atoms with van der Waals surface area (Å²) < 4.78 is 47.8. The van der Waals surface area contributed by atoms with Gasteiger partial charge >= 0.3 is 6.18 Å². The summed E-state index contributed by atoms with van der Waals surface area (Å²) in [4.78, 5) is 18.2. The summed E-state index contributed by atoms with van der Waals surface area (Å²) in [5.74, 6) is -0.0697. The van der Waals surface area contributed by atoms with Crippen molar-refractivity contribution in [3.05, 3.63) is 70.0 Å². The van der Waals surface area contributed by atoms with E-state index in [0.717, 1.165) is 5.56 Å². The van der Waals surface area contributed by atoms with E-state index in [0.29, 0.717) is 41.3 Å². The first-order chi connectivity index (χ1) is 15.6. The second-order valence-electron chi connectivity index (χ2n) is 7.94. The maximum absolute atomic E-state index is 14.1. The lowest BCUT2D eigenvalue weighted by Crippen LogP contribution is -2.47. The van der Waals surface area contributed by atoms with Crippen molar-refractivity contribution in [1.29, 1.82) is 0 Å². The zero-order valence-corrected chi connectivity index (χ0v) is 18.7. The smallest absolute Gasteiger partial charge is 0.422 e. The molecule has 0 saturated heterocycles. The molecule has 0 saturated carbocycles. The molecular weight excluding hydrogens is 433 g/mol. The number of aromatic nitrogens is 1. The van der Waals surface area contributed by atoms with E-state index in [9.17, 15) is 23.1 Å². The van der Waals surface area contributed by atoms with Crippen molar-refractivity contribution in [1.82, 2.24) is 4.98 Å². The highest BCUT2D eigenvalue weighted by atomic mass is 19.4. The number of alkyl halides is 3. The molecule has 8 heteroatoms. The molecule has 0 fully saturated rings. The summed E-state index contributed by atoms with van der Waals surface area (Å²) in [6.07, 6.45) is -3.96. The Kier molecular flexibility index (Phi) is 7.27. The highest BCUT2D eigenvalue weighted by molar-refractivity contribution is 5.91. The molecule has 176 valence electrons. The number of aliphatic hydroxyl groups is 1. The van der Waals surface area contributed by atoms with Crippen molar-refractivity contribution >= 4 is 22.8 Å². The summed E-state index contributed by atoms with van der Waals surface area (Å²) in [5.41, 5.74) is -1.32. The number of rotatable bonds is 8. The lowest BCUT2D eigenvalue weighted by Gasteiger charge is -2.31. The zero-order valence-electron chi connectivity index (χ0n) is 18.7. The predicted octanol–water partition coefficient (Wildman–Crippen LogP) is 5.68. The van der Waals surface area contributed by atoms with Crippen LogP contribution in [0.2, 0.25) is 0 Å². The van der Waals surface area contributed by atoms with E-state index in [1.807, 2.05) is 13.0 Å². The molecule has 2 N–H and O–H groups in total. The topological polar surface area (TPSA) is 74.7 Å². The molecule has 0 aliphatic heterocycles. The van der Waals surface area contributed by atoms with E-state index in [2.05, 4.69) is 9.98 Å². The Morgan fingerprint density at radius 1 is 1.12 bits per heavy atom. The minimum absolute atomic E-state index is 0.213. The number of ether oxygens (including phenoxy) is 1. The van der Waals surface area contributed by atoms with Crippen LogP contribution < -0.4 is 10.3 Å². The third-order valence-electron chi connectivity index (χ3n) is 5.85. The molecule has 2 unspecified atom stereocenters. The summed E-state index contributed by atoms with van der Waals surface area (Å²) in [6.45, 7) is 3.72. The average molecular weight is 460 g/mol. The number of aromatic amines is 1. The van der Waals surface area contributed by atoms with Gasteiger partial charge in [-0.1, -0.05) is 38.1 Å². The van der Waals surface area contributed by atoms with Gasteiger partial charge in [0.25, 0.3) is 0 Å². The summed E-state index contributed by atoms with van der Waals surface area (Å²) in [5, 5.41) is 11.3. The number of H-pyrrole nitrogens is 1. The van der Waals surface area contributed by atoms with Gasteiger partial charge in [0, 0.05) is 17.7 Å². The van der Waals surface area contributed by atoms with Crippen molar-refractivity contribution in [2.45, 2.75) is 50.8 Å². The highest BCUT2D eigenvalue weighted by Gasteiger charge is 2.53. The van der Waals surface area contributed by atoms with Crippen LogP contribution in [0.15, 0.2) is 58.3 Å². The average Bonchev–Trinajstić information content (AvgIpc) is 2.79. The van der Waals surface area contributed by atoms with Crippen LogP contribution in [0.1, 0.15) is 43.7 Å². The Hall–Kier alpha value is -3.13. The molecule has 3 aromatic rings. The molecule has 0 spiro atoms. The summed E-state index contributed by atoms with van der Waals surface area (Å²) >= 11 is 0. The molecule has 1 heterocycles.